The number of rotatable bonds is 3. The van der Waals surface area contributed by atoms with Crippen molar-refractivity contribution in [3.05, 3.63) is 53.9 Å². The van der Waals surface area contributed by atoms with Gasteiger partial charge in [-0.15, -0.1) is 0 Å². The number of nitrogens with zero attached hydrogens (tertiary/aromatic N) is 3. The van der Waals surface area contributed by atoms with E-state index in [1.165, 1.54) is 6.07 Å². The molecule has 0 radical (unpaired) electrons. The van der Waals surface area contributed by atoms with Gasteiger partial charge in [-0.05, 0) is 24.1 Å². The minimum atomic E-state index is -0.553. The molecule has 1 aromatic heterocycles. The van der Waals surface area contributed by atoms with Crippen LogP contribution in [0.2, 0.25) is 0 Å². The van der Waals surface area contributed by atoms with Gasteiger partial charge in [0.05, 0.1) is 19.3 Å². The van der Waals surface area contributed by atoms with Gasteiger partial charge < -0.3 is 14.4 Å². The smallest absolute Gasteiger partial charge is 0.123 e. The highest BCUT2D eigenvalue weighted by atomic mass is 19.1. The molecule has 5 nitrogen and oxygen atoms in total. The van der Waals surface area contributed by atoms with E-state index in [1.54, 1.807) is 18.3 Å². The molecule has 3 atom stereocenters. The Morgan fingerprint density at radius 2 is 2.33 bits per heavy atom. The van der Waals surface area contributed by atoms with E-state index in [9.17, 15) is 9.50 Å². The van der Waals surface area contributed by atoms with Crippen LogP contribution in [0.5, 0.6) is 0 Å². The minimum Gasteiger partial charge on any atom is -0.389 e. The van der Waals surface area contributed by atoms with Crippen molar-refractivity contribution in [3.63, 3.8) is 0 Å². The number of hydrogen-bond donors (Lipinski definition) is 1. The average molecular weight is 331 g/mol. The second-order valence-electron chi connectivity index (χ2n) is 6.97. The maximum absolute atomic E-state index is 13.5. The summed E-state index contributed by atoms with van der Waals surface area (Å²) in [5.41, 5.74) is 0.393. The number of aliphatic hydroxyl groups is 1. The van der Waals surface area contributed by atoms with Crippen LogP contribution in [0.4, 0.5) is 4.39 Å². The number of aryl methyl sites for hydroxylation is 1. The molecule has 4 rings (SSSR count). The van der Waals surface area contributed by atoms with Gasteiger partial charge in [-0.1, -0.05) is 12.1 Å². The largest absolute Gasteiger partial charge is 0.389 e. The van der Waals surface area contributed by atoms with Gasteiger partial charge in [0.1, 0.15) is 17.2 Å². The fourth-order valence-electron chi connectivity index (χ4n) is 3.95. The molecule has 3 heterocycles. The normalized spacial score (nSPS) is 30.5. The third kappa shape index (κ3) is 2.75. The summed E-state index contributed by atoms with van der Waals surface area (Å²) in [5.74, 6) is 0.874. The quantitative estimate of drug-likeness (QED) is 0.930. The third-order valence-electron chi connectivity index (χ3n) is 5.30. The molecular weight excluding hydrogens is 309 g/mol. The predicted molar refractivity (Wildman–Crippen MR) is 86.9 cm³/mol. The van der Waals surface area contributed by atoms with Crippen LogP contribution in [0.15, 0.2) is 36.7 Å². The molecule has 1 N–H and O–H groups in total. The molecule has 128 valence electrons. The number of likely N-dealkylation sites (tertiary alicyclic amines) is 1. The number of β-amino-alcohol motifs (C(OH)–C–C–N with tert-alkyl or cyclic N) is 1. The number of ether oxygens (including phenoxy) is 1. The van der Waals surface area contributed by atoms with Crippen molar-refractivity contribution in [2.45, 2.75) is 30.6 Å². The van der Waals surface area contributed by atoms with E-state index in [1.807, 2.05) is 23.9 Å². The molecule has 0 saturated carbocycles. The Bertz CT molecular complexity index is 735. The first-order valence-electron chi connectivity index (χ1n) is 8.32. The standard InChI is InChI=1S/C18H22FN3O2/c1-21-6-5-20-17(21)10-22-9-16(23)18(12-22)8-14(11-24-18)13-3-2-4-15(19)7-13/h2-7,14,16,23H,8-12H2,1H3/t14-,16-,18-/m1/s1. The number of imidazole rings is 1. The predicted octanol–water partition coefficient (Wildman–Crippen LogP) is 1.68. The van der Waals surface area contributed by atoms with Crippen molar-refractivity contribution in [2.75, 3.05) is 19.7 Å². The topological polar surface area (TPSA) is 50.5 Å². The fourth-order valence-corrected chi connectivity index (χ4v) is 3.95. The number of aromatic nitrogens is 2. The van der Waals surface area contributed by atoms with Crippen LogP contribution in [-0.2, 0) is 18.3 Å². The highest BCUT2D eigenvalue weighted by Crippen LogP contribution is 2.42. The van der Waals surface area contributed by atoms with E-state index in [0.717, 1.165) is 11.4 Å². The van der Waals surface area contributed by atoms with Crippen LogP contribution in [0.1, 0.15) is 23.7 Å². The number of aliphatic hydroxyl groups excluding tert-OH is 1. The van der Waals surface area contributed by atoms with E-state index in [4.69, 9.17) is 4.74 Å². The fraction of sp³-hybridized carbons (Fsp3) is 0.500. The maximum atomic E-state index is 13.5. The van der Waals surface area contributed by atoms with E-state index in [0.29, 0.717) is 32.7 Å². The zero-order valence-corrected chi connectivity index (χ0v) is 13.7. The molecule has 0 amide bonds. The van der Waals surface area contributed by atoms with E-state index >= 15 is 0 Å². The minimum absolute atomic E-state index is 0.128. The average Bonchev–Trinajstić information content (AvgIpc) is 3.23. The van der Waals surface area contributed by atoms with Gasteiger partial charge in [0.15, 0.2) is 0 Å². The maximum Gasteiger partial charge on any atom is 0.123 e. The second kappa shape index (κ2) is 5.95. The highest BCUT2D eigenvalue weighted by Gasteiger charge is 2.52. The van der Waals surface area contributed by atoms with Crippen LogP contribution in [0, 0.1) is 5.82 Å². The lowest BCUT2D eigenvalue weighted by Gasteiger charge is -2.26. The summed E-state index contributed by atoms with van der Waals surface area (Å²) in [7, 11) is 1.97. The Kier molecular flexibility index (Phi) is 3.90. The van der Waals surface area contributed by atoms with Gasteiger partial charge in [-0.2, -0.15) is 0 Å². The molecule has 2 aliphatic rings. The summed E-state index contributed by atoms with van der Waals surface area (Å²) in [6.45, 7) is 2.46. The van der Waals surface area contributed by atoms with Crippen molar-refractivity contribution in [3.8, 4) is 0 Å². The molecule has 0 unspecified atom stereocenters. The summed E-state index contributed by atoms with van der Waals surface area (Å²) in [6.07, 6.45) is 3.89. The van der Waals surface area contributed by atoms with E-state index < -0.39 is 11.7 Å². The summed E-state index contributed by atoms with van der Waals surface area (Å²) in [5, 5.41) is 10.6. The summed E-state index contributed by atoms with van der Waals surface area (Å²) >= 11 is 0. The van der Waals surface area contributed by atoms with E-state index in [-0.39, 0.29) is 11.7 Å². The molecular formula is C18H22FN3O2. The summed E-state index contributed by atoms with van der Waals surface area (Å²) in [6, 6.07) is 6.69. The molecule has 0 bridgehead atoms. The zero-order valence-electron chi connectivity index (χ0n) is 13.7. The second-order valence-corrected chi connectivity index (χ2v) is 6.97. The van der Waals surface area contributed by atoms with Crippen molar-refractivity contribution in [1.29, 1.82) is 0 Å². The van der Waals surface area contributed by atoms with Gasteiger partial charge in [-0.25, -0.2) is 9.37 Å². The first-order valence-corrected chi connectivity index (χ1v) is 8.32. The van der Waals surface area contributed by atoms with Crippen LogP contribution in [-0.4, -0.2) is 51.0 Å². The molecule has 2 aliphatic heterocycles. The Labute approximate surface area is 140 Å². The van der Waals surface area contributed by atoms with Gasteiger partial charge in [0, 0.05) is 38.4 Å². The molecule has 2 aromatic rings. The highest BCUT2D eigenvalue weighted by molar-refractivity contribution is 5.24. The third-order valence-corrected chi connectivity index (χ3v) is 5.30. The molecule has 1 spiro atoms. The van der Waals surface area contributed by atoms with E-state index in [2.05, 4.69) is 9.88 Å². The summed E-state index contributed by atoms with van der Waals surface area (Å²) < 4.78 is 21.5. The van der Waals surface area contributed by atoms with Crippen molar-refractivity contribution >= 4 is 0 Å². The first-order chi connectivity index (χ1) is 11.6. The lowest BCUT2D eigenvalue weighted by molar-refractivity contribution is -0.0594. The zero-order chi connectivity index (χ0) is 16.7. The molecule has 1 aromatic carbocycles. The molecule has 6 heteroatoms. The Balaban J connectivity index is 1.47. The number of benzene rings is 1. The molecule has 24 heavy (non-hydrogen) atoms. The van der Waals surface area contributed by atoms with Gasteiger partial charge >= 0.3 is 0 Å². The lowest BCUT2D eigenvalue weighted by Crippen LogP contribution is -2.41. The SMILES string of the molecule is Cn1ccnc1CN1C[C@@H](O)[C@@]2(C[C@@H](c3cccc(F)c3)CO2)C1. The van der Waals surface area contributed by atoms with Crippen LogP contribution >= 0.6 is 0 Å². The van der Waals surface area contributed by atoms with Crippen LogP contribution < -0.4 is 0 Å². The van der Waals surface area contributed by atoms with Crippen molar-refractivity contribution in [2.24, 2.45) is 7.05 Å². The molecule has 2 fully saturated rings. The number of hydrogen-bond acceptors (Lipinski definition) is 4. The lowest BCUT2D eigenvalue weighted by atomic mass is 9.87. The van der Waals surface area contributed by atoms with Gasteiger partial charge in [0.25, 0.3) is 0 Å². The Hall–Kier alpha value is -1.76. The molecule has 0 aliphatic carbocycles. The number of halogens is 1. The monoisotopic (exact) mass is 331 g/mol. The molecule has 2 saturated heterocycles. The van der Waals surface area contributed by atoms with Gasteiger partial charge in [0.2, 0.25) is 0 Å². The van der Waals surface area contributed by atoms with Crippen molar-refractivity contribution < 1.29 is 14.2 Å². The Morgan fingerprint density at radius 3 is 3.08 bits per heavy atom. The first kappa shape index (κ1) is 15.7. The van der Waals surface area contributed by atoms with Crippen LogP contribution in [0.3, 0.4) is 0 Å². The van der Waals surface area contributed by atoms with Crippen LogP contribution in [0.25, 0.3) is 0 Å². The summed E-state index contributed by atoms with van der Waals surface area (Å²) in [4.78, 5) is 6.53. The van der Waals surface area contributed by atoms with Crippen molar-refractivity contribution in [1.82, 2.24) is 14.5 Å². The Morgan fingerprint density at radius 1 is 1.46 bits per heavy atom. The van der Waals surface area contributed by atoms with Gasteiger partial charge in [-0.3, -0.25) is 4.90 Å².